The number of hydrogen-bond acceptors (Lipinski definition) is 4. The first kappa shape index (κ1) is 15.6. The lowest BCUT2D eigenvalue weighted by Crippen LogP contribution is -2.35. The summed E-state index contributed by atoms with van der Waals surface area (Å²) in [6, 6.07) is 3.93. The molecule has 1 aromatic carbocycles. The van der Waals surface area contributed by atoms with Crippen LogP contribution in [0.4, 0.5) is 5.69 Å². The van der Waals surface area contributed by atoms with Crippen molar-refractivity contribution in [1.82, 2.24) is 4.72 Å². The topological polar surface area (TPSA) is 101 Å². The predicted octanol–water partition coefficient (Wildman–Crippen LogP) is 0.579. The van der Waals surface area contributed by atoms with Crippen molar-refractivity contribution >= 4 is 21.6 Å². The van der Waals surface area contributed by atoms with Crippen molar-refractivity contribution in [3.8, 4) is 0 Å². The van der Waals surface area contributed by atoms with Crippen molar-refractivity contribution in [2.75, 3.05) is 12.4 Å². The summed E-state index contributed by atoms with van der Waals surface area (Å²) < 4.78 is 25.6. The fourth-order valence-corrected chi connectivity index (χ4v) is 2.19. The summed E-state index contributed by atoms with van der Waals surface area (Å²) in [6.45, 7) is 3.59. The van der Waals surface area contributed by atoms with E-state index in [2.05, 4.69) is 10.0 Å². The molecular weight excluding hydrogens is 266 g/mol. The number of aryl methyl sites for hydroxylation is 1. The molecule has 7 heteroatoms. The van der Waals surface area contributed by atoms with E-state index in [1.54, 1.807) is 19.9 Å². The van der Waals surface area contributed by atoms with Gasteiger partial charge in [0.15, 0.2) is 0 Å². The van der Waals surface area contributed by atoms with Crippen LogP contribution in [0.1, 0.15) is 18.9 Å². The lowest BCUT2D eigenvalue weighted by Gasteiger charge is -2.13. The van der Waals surface area contributed by atoms with Crippen LogP contribution in [0.25, 0.3) is 0 Å². The Morgan fingerprint density at radius 3 is 2.58 bits per heavy atom. The normalized spacial score (nSPS) is 13.1. The minimum atomic E-state index is -3.53. The molecule has 0 aromatic heterocycles. The zero-order chi connectivity index (χ0) is 14.6. The Labute approximate surface area is 113 Å². The number of benzene rings is 1. The first-order valence-electron chi connectivity index (χ1n) is 5.92. The number of anilines is 1. The van der Waals surface area contributed by atoms with Gasteiger partial charge in [-0.05, 0) is 38.1 Å². The average Bonchev–Trinajstić information content (AvgIpc) is 2.39. The Kier molecular flexibility index (Phi) is 5.04. The molecule has 0 heterocycles. The fourth-order valence-electron chi connectivity index (χ4n) is 1.43. The number of nitrogens with two attached hydrogens (primary N) is 1. The first-order valence-corrected chi connectivity index (χ1v) is 7.40. The van der Waals surface area contributed by atoms with Crippen LogP contribution in [0.3, 0.4) is 0 Å². The third kappa shape index (κ3) is 3.76. The van der Waals surface area contributed by atoms with Crippen LogP contribution >= 0.6 is 0 Å². The van der Waals surface area contributed by atoms with E-state index in [9.17, 15) is 13.2 Å². The number of amides is 1. The zero-order valence-corrected chi connectivity index (χ0v) is 12.0. The maximum Gasteiger partial charge on any atom is 0.241 e. The molecule has 0 saturated heterocycles. The Bertz CT molecular complexity index is 570. The van der Waals surface area contributed by atoms with Gasteiger partial charge in [0.1, 0.15) is 0 Å². The zero-order valence-electron chi connectivity index (χ0n) is 11.2. The summed E-state index contributed by atoms with van der Waals surface area (Å²) in [5, 5.41) is 2.64. The predicted molar refractivity (Wildman–Crippen MR) is 74.3 cm³/mol. The quantitative estimate of drug-likeness (QED) is 0.736. The van der Waals surface area contributed by atoms with Gasteiger partial charge in [-0.2, -0.15) is 0 Å². The van der Waals surface area contributed by atoms with Gasteiger partial charge in [0.05, 0.1) is 10.9 Å². The summed E-state index contributed by atoms with van der Waals surface area (Å²) in [6.07, 6.45) is 0.513. The SMILES string of the molecule is CC[C@H](N)C(=O)Nc1cc(S(=O)(=O)NC)ccc1C. The molecule has 0 unspecified atom stereocenters. The summed E-state index contributed by atoms with van der Waals surface area (Å²) in [5.74, 6) is -0.329. The number of carbonyl (C=O) groups excluding carboxylic acids is 1. The van der Waals surface area contributed by atoms with E-state index in [-0.39, 0.29) is 10.8 Å². The number of hydrogen-bond donors (Lipinski definition) is 3. The van der Waals surface area contributed by atoms with E-state index in [1.165, 1.54) is 19.2 Å². The first-order chi connectivity index (χ1) is 8.81. The molecule has 1 aromatic rings. The maximum absolute atomic E-state index is 11.7. The van der Waals surface area contributed by atoms with E-state index < -0.39 is 16.1 Å². The van der Waals surface area contributed by atoms with Crippen molar-refractivity contribution in [3.63, 3.8) is 0 Å². The summed E-state index contributed by atoms with van der Waals surface area (Å²) in [7, 11) is -2.20. The van der Waals surface area contributed by atoms with Crippen molar-refractivity contribution in [1.29, 1.82) is 0 Å². The van der Waals surface area contributed by atoms with Gasteiger partial charge < -0.3 is 11.1 Å². The molecule has 0 bridgehead atoms. The van der Waals surface area contributed by atoms with Crippen LogP contribution in [0.5, 0.6) is 0 Å². The van der Waals surface area contributed by atoms with Gasteiger partial charge in [0, 0.05) is 5.69 Å². The second-order valence-corrected chi connectivity index (χ2v) is 6.07. The molecule has 0 fully saturated rings. The lowest BCUT2D eigenvalue weighted by atomic mass is 10.1. The van der Waals surface area contributed by atoms with E-state index in [0.29, 0.717) is 12.1 Å². The van der Waals surface area contributed by atoms with Gasteiger partial charge in [-0.3, -0.25) is 4.79 Å². The molecular formula is C12H19N3O3S. The second-order valence-electron chi connectivity index (χ2n) is 4.19. The Hall–Kier alpha value is -1.44. The maximum atomic E-state index is 11.7. The molecule has 19 heavy (non-hydrogen) atoms. The van der Waals surface area contributed by atoms with Gasteiger partial charge in [-0.1, -0.05) is 13.0 Å². The number of sulfonamides is 1. The minimum absolute atomic E-state index is 0.0981. The largest absolute Gasteiger partial charge is 0.324 e. The van der Waals surface area contributed by atoms with E-state index in [4.69, 9.17) is 5.73 Å². The van der Waals surface area contributed by atoms with Crippen LogP contribution in [-0.4, -0.2) is 27.4 Å². The molecule has 1 rings (SSSR count). The van der Waals surface area contributed by atoms with Crippen molar-refractivity contribution in [2.45, 2.75) is 31.2 Å². The van der Waals surface area contributed by atoms with Crippen LogP contribution in [0, 0.1) is 6.92 Å². The Morgan fingerprint density at radius 1 is 1.42 bits per heavy atom. The van der Waals surface area contributed by atoms with Crippen LogP contribution in [-0.2, 0) is 14.8 Å². The summed E-state index contributed by atoms with van der Waals surface area (Å²) in [5.41, 5.74) is 6.84. The Balaban J connectivity index is 3.09. The third-order valence-electron chi connectivity index (χ3n) is 2.82. The lowest BCUT2D eigenvalue weighted by molar-refractivity contribution is -0.117. The van der Waals surface area contributed by atoms with Gasteiger partial charge in [0.25, 0.3) is 0 Å². The van der Waals surface area contributed by atoms with Crippen molar-refractivity contribution in [3.05, 3.63) is 23.8 Å². The summed E-state index contributed by atoms with van der Waals surface area (Å²) >= 11 is 0. The van der Waals surface area contributed by atoms with Crippen LogP contribution in [0.15, 0.2) is 23.1 Å². The molecule has 1 atom stereocenters. The molecule has 0 aliphatic carbocycles. The van der Waals surface area contributed by atoms with Gasteiger partial charge in [-0.15, -0.1) is 0 Å². The Morgan fingerprint density at radius 2 is 2.05 bits per heavy atom. The fraction of sp³-hybridized carbons (Fsp3) is 0.417. The van der Waals surface area contributed by atoms with Crippen LogP contribution in [0.2, 0.25) is 0 Å². The number of nitrogens with one attached hydrogen (secondary N) is 2. The molecule has 0 radical (unpaired) electrons. The van der Waals surface area contributed by atoms with Gasteiger partial charge in [0.2, 0.25) is 15.9 Å². The molecule has 6 nitrogen and oxygen atoms in total. The monoisotopic (exact) mass is 285 g/mol. The highest BCUT2D eigenvalue weighted by molar-refractivity contribution is 7.89. The average molecular weight is 285 g/mol. The molecule has 4 N–H and O–H groups in total. The third-order valence-corrected chi connectivity index (χ3v) is 4.23. The molecule has 0 spiro atoms. The van der Waals surface area contributed by atoms with Crippen LogP contribution < -0.4 is 15.8 Å². The van der Waals surface area contributed by atoms with Crippen molar-refractivity contribution < 1.29 is 13.2 Å². The van der Waals surface area contributed by atoms with Gasteiger partial charge >= 0.3 is 0 Å². The minimum Gasteiger partial charge on any atom is -0.324 e. The van der Waals surface area contributed by atoms with Gasteiger partial charge in [-0.25, -0.2) is 13.1 Å². The molecule has 0 aliphatic heterocycles. The molecule has 0 saturated carbocycles. The molecule has 1 amide bonds. The number of rotatable bonds is 5. The number of carbonyl (C=O) groups is 1. The highest BCUT2D eigenvalue weighted by Crippen LogP contribution is 2.20. The smallest absolute Gasteiger partial charge is 0.241 e. The molecule has 0 aliphatic rings. The van der Waals surface area contributed by atoms with Crippen molar-refractivity contribution in [2.24, 2.45) is 5.73 Å². The second kappa shape index (κ2) is 6.14. The highest BCUT2D eigenvalue weighted by atomic mass is 32.2. The van der Waals surface area contributed by atoms with E-state index in [1.807, 2.05) is 0 Å². The van der Waals surface area contributed by atoms with E-state index in [0.717, 1.165) is 5.56 Å². The standard InChI is InChI=1S/C12H19N3O3S/c1-4-10(13)12(16)15-11-7-9(6-5-8(11)2)19(17,18)14-3/h5-7,10,14H,4,13H2,1-3H3,(H,15,16)/t10-/m0/s1. The highest BCUT2D eigenvalue weighted by Gasteiger charge is 2.16. The molecule has 106 valence electrons. The summed E-state index contributed by atoms with van der Waals surface area (Å²) in [4.78, 5) is 11.8. The van der Waals surface area contributed by atoms with E-state index >= 15 is 0 Å².